The predicted molar refractivity (Wildman–Crippen MR) is 114 cm³/mol. The van der Waals surface area contributed by atoms with Gasteiger partial charge in [0.25, 0.3) is 21.8 Å². The minimum Gasteiger partial charge on any atom is -0.482 e. The van der Waals surface area contributed by atoms with Gasteiger partial charge < -0.3 is 15.0 Å². The highest BCUT2D eigenvalue weighted by Gasteiger charge is 2.39. The first kappa shape index (κ1) is 20.9. The van der Waals surface area contributed by atoms with Crippen molar-refractivity contribution < 1.29 is 32.3 Å². The van der Waals surface area contributed by atoms with Crippen molar-refractivity contribution in [3.8, 4) is 5.75 Å². The summed E-state index contributed by atoms with van der Waals surface area (Å²) < 4.78 is 33.5. The second-order valence-corrected chi connectivity index (χ2v) is 9.55. The molecule has 11 nitrogen and oxygen atoms in total. The molecule has 0 spiro atoms. The zero-order valence-electron chi connectivity index (χ0n) is 17.1. The van der Waals surface area contributed by atoms with Crippen LogP contribution in [0.4, 0.5) is 11.4 Å². The number of carbonyl (C=O) groups is 4. The van der Waals surface area contributed by atoms with Gasteiger partial charge in [-0.1, -0.05) is 0 Å². The fourth-order valence-electron chi connectivity index (χ4n) is 4.08. The van der Waals surface area contributed by atoms with Crippen molar-refractivity contribution in [2.45, 2.75) is 30.3 Å². The van der Waals surface area contributed by atoms with E-state index in [0.717, 1.165) is 0 Å². The Balaban J connectivity index is 1.36. The van der Waals surface area contributed by atoms with Crippen LogP contribution in [0.5, 0.6) is 5.75 Å². The highest BCUT2D eigenvalue weighted by atomic mass is 32.2. The molecule has 0 aromatic heterocycles. The topological polar surface area (TPSA) is 151 Å². The number of hydrogen-bond donors (Lipinski definition) is 3. The largest absolute Gasteiger partial charge is 0.482 e. The van der Waals surface area contributed by atoms with Crippen LogP contribution in [-0.2, 0) is 31.0 Å². The lowest BCUT2D eigenvalue weighted by Crippen LogP contribution is -2.52. The number of benzene rings is 2. The van der Waals surface area contributed by atoms with E-state index in [9.17, 15) is 27.6 Å². The van der Waals surface area contributed by atoms with Crippen molar-refractivity contribution in [3.63, 3.8) is 0 Å². The van der Waals surface area contributed by atoms with Gasteiger partial charge in [-0.05, 0) is 48.4 Å². The van der Waals surface area contributed by atoms with E-state index in [1.807, 2.05) is 0 Å². The molecule has 170 valence electrons. The summed E-state index contributed by atoms with van der Waals surface area (Å²) in [6.45, 7) is -0.0146. The molecule has 1 atom stereocenters. The minimum absolute atomic E-state index is 0.0752. The fraction of sp³-hybridized carbons (Fsp3) is 0.238. The van der Waals surface area contributed by atoms with Gasteiger partial charge in [-0.25, -0.2) is 8.42 Å². The Hall–Kier alpha value is -3.93. The fourth-order valence-corrected chi connectivity index (χ4v) is 5.16. The normalized spacial score (nSPS) is 19.9. The van der Waals surface area contributed by atoms with E-state index in [1.165, 1.54) is 35.2 Å². The van der Waals surface area contributed by atoms with Crippen LogP contribution in [0, 0.1) is 0 Å². The number of hydrogen-bond acceptors (Lipinski definition) is 7. The SMILES string of the molecule is O=C1CCC(N2Cc3cc(NS(=O)(=O)c4ccc5c(c4)NC(=O)CO5)ccc3C2=O)C(=O)N1. The number of piperidine rings is 1. The van der Waals surface area contributed by atoms with Crippen molar-refractivity contribution >= 4 is 45.0 Å². The van der Waals surface area contributed by atoms with E-state index in [0.29, 0.717) is 16.9 Å². The molecule has 2 aromatic carbocycles. The Bertz CT molecular complexity index is 1340. The number of imide groups is 1. The first-order valence-corrected chi connectivity index (χ1v) is 11.6. The standard InChI is InChI=1S/C21H18N4O7S/c26-18-6-4-16(20(28)23-18)25-9-11-7-12(1-3-14(11)21(25)29)24-33(30,31)13-2-5-17-15(8-13)22-19(27)10-32-17/h1-3,5,7-8,16,24H,4,6,9-10H2,(H,22,27)(H,23,26,28). The maximum absolute atomic E-state index is 12.9. The number of nitrogens with zero attached hydrogens (tertiary/aromatic N) is 1. The zero-order chi connectivity index (χ0) is 23.3. The highest BCUT2D eigenvalue weighted by molar-refractivity contribution is 7.92. The minimum atomic E-state index is -4.00. The number of ether oxygens (including phenoxy) is 1. The van der Waals surface area contributed by atoms with Gasteiger partial charge in [0, 0.05) is 24.2 Å². The molecule has 3 aliphatic rings. The van der Waals surface area contributed by atoms with Crippen LogP contribution >= 0.6 is 0 Å². The molecule has 3 heterocycles. The van der Waals surface area contributed by atoms with Crippen LogP contribution in [0.2, 0.25) is 0 Å². The predicted octanol–water partition coefficient (Wildman–Crippen LogP) is 0.579. The third-order valence-corrected chi connectivity index (χ3v) is 7.05. The van der Waals surface area contributed by atoms with Crippen molar-refractivity contribution in [1.29, 1.82) is 0 Å². The highest BCUT2D eigenvalue weighted by Crippen LogP contribution is 2.32. The number of carbonyl (C=O) groups excluding carboxylic acids is 4. The molecule has 0 saturated carbocycles. The van der Waals surface area contributed by atoms with Crippen LogP contribution in [0.25, 0.3) is 0 Å². The monoisotopic (exact) mass is 470 g/mol. The van der Waals surface area contributed by atoms with Crippen molar-refractivity contribution in [2.24, 2.45) is 0 Å². The van der Waals surface area contributed by atoms with Crippen molar-refractivity contribution in [3.05, 3.63) is 47.5 Å². The Labute approximate surface area is 188 Å². The lowest BCUT2D eigenvalue weighted by molar-refractivity contribution is -0.137. The molecule has 12 heteroatoms. The number of sulfonamides is 1. The van der Waals surface area contributed by atoms with Gasteiger partial charge in [0.15, 0.2) is 6.61 Å². The third kappa shape index (κ3) is 3.78. The lowest BCUT2D eigenvalue weighted by atomic mass is 10.0. The second kappa shape index (κ2) is 7.59. The van der Waals surface area contributed by atoms with Crippen LogP contribution < -0.4 is 20.1 Å². The van der Waals surface area contributed by atoms with E-state index >= 15 is 0 Å². The molecule has 3 N–H and O–H groups in total. The summed E-state index contributed by atoms with van der Waals surface area (Å²) in [5.74, 6) is -1.24. The van der Waals surface area contributed by atoms with Gasteiger partial charge >= 0.3 is 0 Å². The number of amides is 4. The van der Waals surface area contributed by atoms with E-state index in [2.05, 4.69) is 15.4 Å². The Morgan fingerprint density at radius 1 is 1.00 bits per heavy atom. The Kier molecular flexibility index (Phi) is 4.81. The van der Waals surface area contributed by atoms with Gasteiger partial charge in [0.05, 0.1) is 10.6 Å². The van der Waals surface area contributed by atoms with Gasteiger partial charge in [0.1, 0.15) is 11.8 Å². The molecule has 0 bridgehead atoms. The molecule has 0 aliphatic carbocycles. The maximum Gasteiger partial charge on any atom is 0.262 e. The van der Waals surface area contributed by atoms with E-state index in [4.69, 9.17) is 4.74 Å². The zero-order valence-corrected chi connectivity index (χ0v) is 17.9. The summed E-state index contributed by atoms with van der Waals surface area (Å²) in [7, 11) is -4.00. The van der Waals surface area contributed by atoms with Gasteiger partial charge in [0.2, 0.25) is 11.8 Å². The Morgan fingerprint density at radius 3 is 2.61 bits per heavy atom. The van der Waals surface area contributed by atoms with Gasteiger partial charge in [-0.3, -0.25) is 29.2 Å². The summed E-state index contributed by atoms with van der Waals surface area (Å²) in [4.78, 5) is 49.2. The van der Waals surface area contributed by atoms with Crippen molar-refractivity contribution in [2.75, 3.05) is 16.6 Å². The van der Waals surface area contributed by atoms with E-state index in [-0.39, 0.29) is 60.0 Å². The molecule has 4 amide bonds. The van der Waals surface area contributed by atoms with Crippen LogP contribution in [0.3, 0.4) is 0 Å². The maximum atomic E-state index is 12.9. The average molecular weight is 470 g/mol. The summed E-state index contributed by atoms with van der Waals surface area (Å²) in [5, 5.41) is 4.80. The average Bonchev–Trinajstić information content (AvgIpc) is 3.08. The van der Waals surface area contributed by atoms with Crippen LogP contribution in [0.15, 0.2) is 41.3 Å². The molecule has 1 unspecified atom stereocenters. The van der Waals surface area contributed by atoms with Crippen LogP contribution in [-0.4, -0.2) is 49.6 Å². The molecule has 0 radical (unpaired) electrons. The van der Waals surface area contributed by atoms with Gasteiger partial charge in [-0.2, -0.15) is 0 Å². The van der Waals surface area contributed by atoms with Crippen LogP contribution in [0.1, 0.15) is 28.8 Å². The second-order valence-electron chi connectivity index (χ2n) is 7.87. The number of rotatable bonds is 4. The molecule has 1 fully saturated rings. The van der Waals surface area contributed by atoms with E-state index in [1.54, 1.807) is 6.07 Å². The summed E-state index contributed by atoms with van der Waals surface area (Å²) in [5.41, 5.74) is 1.44. The molecule has 1 saturated heterocycles. The molecular weight excluding hydrogens is 452 g/mol. The molecule has 5 rings (SSSR count). The molecule has 33 heavy (non-hydrogen) atoms. The molecule has 2 aromatic rings. The number of fused-ring (bicyclic) bond motifs is 2. The van der Waals surface area contributed by atoms with Gasteiger partial charge in [-0.15, -0.1) is 0 Å². The Morgan fingerprint density at radius 2 is 1.82 bits per heavy atom. The van der Waals surface area contributed by atoms with Crippen molar-refractivity contribution in [1.82, 2.24) is 10.2 Å². The smallest absolute Gasteiger partial charge is 0.262 e. The first-order chi connectivity index (χ1) is 15.7. The quantitative estimate of drug-likeness (QED) is 0.553. The summed E-state index contributed by atoms with van der Waals surface area (Å²) >= 11 is 0. The van der Waals surface area contributed by atoms with E-state index < -0.39 is 22.0 Å². The molecule has 3 aliphatic heterocycles. The summed E-state index contributed by atoms with van der Waals surface area (Å²) in [6, 6.07) is 7.88. The first-order valence-electron chi connectivity index (χ1n) is 10.1. The number of anilines is 2. The molecular formula is C21H18N4O7S. The number of nitrogens with one attached hydrogen (secondary N) is 3. The third-order valence-electron chi connectivity index (χ3n) is 5.67. The summed E-state index contributed by atoms with van der Waals surface area (Å²) in [6.07, 6.45) is 0.385. The lowest BCUT2D eigenvalue weighted by Gasteiger charge is -2.29.